The van der Waals surface area contributed by atoms with E-state index in [4.69, 9.17) is 17.0 Å². The maximum Gasteiger partial charge on any atom is 0.337 e. The van der Waals surface area contributed by atoms with Gasteiger partial charge in [-0.2, -0.15) is 0 Å². The molecule has 3 rings (SSSR count). The fraction of sp³-hybridized carbons (Fsp3) is 0.105. The lowest BCUT2D eigenvalue weighted by molar-refractivity contribution is -0.113. The third-order valence-corrected chi connectivity index (χ3v) is 5.74. The molecule has 1 amide bonds. The van der Waals surface area contributed by atoms with Crippen molar-refractivity contribution in [2.24, 2.45) is 0 Å². The molecule has 0 radical (unpaired) electrons. The molecule has 2 aromatic rings. The van der Waals surface area contributed by atoms with Crippen LogP contribution in [0.1, 0.15) is 15.9 Å². The molecule has 5 nitrogen and oxygen atoms in total. The van der Waals surface area contributed by atoms with Crippen LogP contribution in [0.3, 0.4) is 0 Å². The predicted molar refractivity (Wildman–Crippen MR) is 114 cm³/mol. The molecule has 0 saturated carbocycles. The van der Waals surface area contributed by atoms with Crippen molar-refractivity contribution in [1.29, 1.82) is 0 Å². The minimum atomic E-state index is -0.433. The maximum atomic E-state index is 12.8. The third kappa shape index (κ3) is 4.07. The number of carbonyl (C=O) groups is 2. The monoisotopic (exact) mass is 463 g/mol. The SMILES string of the molecule is COC(=O)c1ccc(N2C(=O)C(=Cc3ccc(OC)c(Br)c3)SC2=S)cc1. The lowest BCUT2D eigenvalue weighted by atomic mass is 10.2. The summed E-state index contributed by atoms with van der Waals surface area (Å²) in [7, 11) is 2.91. The Hall–Kier alpha value is -2.16. The average Bonchev–Trinajstić information content (AvgIpc) is 2.94. The quantitative estimate of drug-likeness (QED) is 0.373. The molecule has 1 saturated heterocycles. The highest BCUT2D eigenvalue weighted by Crippen LogP contribution is 2.37. The number of hydrogen-bond donors (Lipinski definition) is 0. The third-order valence-electron chi connectivity index (χ3n) is 3.81. The van der Waals surface area contributed by atoms with Gasteiger partial charge >= 0.3 is 5.97 Å². The Morgan fingerprint density at radius 2 is 1.89 bits per heavy atom. The van der Waals surface area contributed by atoms with Crippen LogP contribution in [-0.4, -0.2) is 30.4 Å². The van der Waals surface area contributed by atoms with Gasteiger partial charge in [0.25, 0.3) is 5.91 Å². The molecule has 0 N–H and O–H groups in total. The van der Waals surface area contributed by atoms with E-state index in [1.54, 1.807) is 37.5 Å². The zero-order valence-corrected chi connectivity index (χ0v) is 17.6. The molecule has 0 atom stereocenters. The zero-order valence-electron chi connectivity index (χ0n) is 14.4. The molecule has 0 unspecified atom stereocenters. The number of rotatable bonds is 4. The lowest BCUT2D eigenvalue weighted by Crippen LogP contribution is -2.27. The van der Waals surface area contributed by atoms with E-state index in [1.165, 1.54) is 23.8 Å². The first-order valence-electron chi connectivity index (χ1n) is 7.74. The van der Waals surface area contributed by atoms with Crippen molar-refractivity contribution < 1.29 is 19.1 Å². The van der Waals surface area contributed by atoms with Gasteiger partial charge < -0.3 is 9.47 Å². The second-order valence-electron chi connectivity index (χ2n) is 5.45. The van der Waals surface area contributed by atoms with Crippen molar-refractivity contribution in [1.82, 2.24) is 0 Å². The first kappa shape index (κ1) is 19.6. The zero-order chi connectivity index (χ0) is 19.6. The smallest absolute Gasteiger partial charge is 0.337 e. The van der Waals surface area contributed by atoms with Crippen molar-refractivity contribution in [3.05, 3.63) is 63.0 Å². The fourth-order valence-electron chi connectivity index (χ4n) is 2.48. The van der Waals surface area contributed by atoms with Crippen LogP contribution in [0.4, 0.5) is 5.69 Å². The number of ether oxygens (including phenoxy) is 2. The molecule has 8 heteroatoms. The van der Waals surface area contributed by atoms with E-state index in [9.17, 15) is 9.59 Å². The number of amides is 1. The van der Waals surface area contributed by atoms with E-state index in [-0.39, 0.29) is 5.91 Å². The van der Waals surface area contributed by atoms with Crippen molar-refractivity contribution in [3.63, 3.8) is 0 Å². The summed E-state index contributed by atoms with van der Waals surface area (Å²) in [6.45, 7) is 0. The second kappa shape index (κ2) is 8.24. The molecule has 2 aromatic carbocycles. The van der Waals surface area contributed by atoms with Gasteiger partial charge in [-0.1, -0.05) is 30.0 Å². The van der Waals surface area contributed by atoms with Gasteiger partial charge in [0.1, 0.15) is 5.75 Å². The average molecular weight is 464 g/mol. The Bertz CT molecular complexity index is 957. The first-order chi connectivity index (χ1) is 12.9. The van der Waals surface area contributed by atoms with E-state index in [1.807, 2.05) is 18.2 Å². The Kier molecular flexibility index (Phi) is 5.98. The first-order valence-corrected chi connectivity index (χ1v) is 9.76. The Labute approximate surface area is 174 Å². The van der Waals surface area contributed by atoms with Crippen LogP contribution in [0, 0.1) is 0 Å². The molecule has 1 aliphatic heterocycles. The topological polar surface area (TPSA) is 55.8 Å². The Morgan fingerprint density at radius 3 is 2.48 bits per heavy atom. The second-order valence-corrected chi connectivity index (χ2v) is 7.98. The number of halogens is 1. The minimum absolute atomic E-state index is 0.206. The van der Waals surface area contributed by atoms with E-state index < -0.39 is 5.97 Å². The van der Waals surface area contributed by atoms with Crippen molar-refractivity contribution in [2.45, 2.75) is 0 Å². The summed E-state index contributed by atoms with van der Waals surface area (Å²) in [5, 5.41) is 0. The van der Waals surface area contributed by atoms with Crippen LogP contribution < -0.4 is 9.64 Å². The van der Waals surface area contributed by atoms with Gasteiger partial charge in [0.2, 0.25) is 0 Å². The van der Waals surface area contributed by atoms with E-state index >= 15 is 0 Å². The molecule has 27 heavy (non-hydrogen) atoms. The Balaban J connectivity index is 1.86. The summed E-state index contributed by atoms with van der Waals surface area (Å²) in [5.41, 5.74) is 1.86. The number of methoxy groups -OCH3 is 2. The maximum absolute atomic E-state index is 12.8. The predicted octanol–water partition coefficient (Wildman–Crippen LogP) is 4.65. The number of anilines is 1. The molecule has 1 heterocycles. The molecule has 0 aliphatic carbocycles. The highest BCUT2D eigenvalue weighted by atomic mass is 79.9. The van der Waals surface area contributed by atoms with Crippen LogP contribution in [0.25, 0.3) is 6.08 Å². The number of carbonyl (C=O) groups excluding carboxylic acids is 2. The standard InChI is InChI=1S/C19H14BrNO4S2/c1-24-15-8-3-11(9-14(15)20)10-16-17(22)21(19(26)27-16)13-6-4-12(5-7-13)18(23)25-2/h3-10H,1-2H3. The van der Waals surface area contributed by atoms with E-state index in [0.29, 0.717) is 26.2 Å². The number of thiocarbonyl (C=S) groups is 1. The van der Waals surface area contributed by atoms with Gasteiger partial charge in [0.05, 0.1) is 34.8 Å². The van der Waals surface area contributed by atoms with Gasteiger partial charge in [0, 0.05) is 0 Å². The molecule has 1 aliphatic rings. The molecule has 0 aromatic heterocycles. The van der Waals surface area contributed by atoms with E-state index in [2.05, 4.69) is 20.7 Å². The highest BCUT2D eigenvalue weighted by Gasteiger charge is 2.33. The van der Waals surface area contributed by atoms with Crippen LogP contribution in [0.5, 0.6) is 5.75 Å². The molecule has 0 bridgehead atoms. The highest BCUT2D eigenvalue weighted by molar-refractivity contribution is 9.10. The summed E-state index contributed by atoms with van der Waals surface area (Å²) in [6.07, 6.45) is 1.78. The molecule has 1 fully saturated rings. The van der Waals surface area contributed by atoms with Gasteiger partial charge in [-0.25, -0.2) is 4.79 Å². The number of benzene rings is 2. The van der Waals surface area contributed by atoms with Crippen molar-refractivity contribution in [3.8, 4) is 5.75 Å². The number of nitrogens with zero attached hydrogens (tertiary/aromatic N) is 1. The van der Waals surface area contributed by atoms with Crippen molar-refractivity contribution >= 4 is 67.9 Å². The van der Waals surface area contributed by atoms with Gasteiger partial charge in [-0.05, 0) is 64.0 Å². The number of thioether (sulfide) groups is 1. The lowest BCUT2D eigenvalue weighted by Gasteiger charge is -2.14. The number of esters is 1. The van der Waals surface area contributed by atoms with E-state index in [0.717, 1.165) is 10.0 Å². The molecular weight excluding hydrogens is 450 g/mol. The summed E-state index contributed by atoms with van der Waals surface area (Å²) in [5.74, 6) is 0.0741. The minimum Gasteiger partial charge on any atom is -0.496 e. The van der Waals surface area contributed by atoms with Gasteiger partial charge in [-0.3, -0.25) is 9.69 Å². The molecular formula is C19H14BrNO4S2. The normalized spacial score (nSPS) is 15.4. The van der Waals surface area contributed by atoms with Crippen LogP contribution in [0.2, 0.25) is 0 Å². The summed E-state index contributed by atoms with van der Waals surface area (Å²) >= 11 is 10.0. The van der Waals surface area contributed by atoms with Crippen LogP contribution in [0.15, 0.2) is 51.8 Å². The summed E-state index contributed by atoms with van der Waals surface area (Å²) in [6, 6.07) is 12.1. The Morgan fingerprint density at radius 1 is 1.19 bits per heavy atom. The molecule has 138 valence electrons. The summed E-state index contributed by atoms with van der Waals surface area (Å²) in [4.78, 5) is 26.3. The van der Waals surface area contributed by atoms with Gasteiger partial charge in [-0.15, -0.1) is 0 Å². The number of hydrogen-bond acceptors (Lipinski definition) is 6. The summed E-state index contributed by atoms with van der Waals surface area (Å²) < 4.78 is 11.1. The largest absolute Gasteiger partial charge is 0.496 e. The van der Waals surface area contributed by atoms with Gasteiger partial charge in [0.15, 0.2) is 4.32 Å². The van der Waals surface area contributed by atoms with Crippen LogP contribution >= 0.6 is 39.9 Å². The van der Waals surface area contributed by atoms with Crippen molar-refractivity contribution in [2.75, 3.05) is 19.1 Å². The van der Waals surface area contributed by atoms with Crippen LogP contribution in [-0.2, 0) is 9.53 Å². The molecule has 0 spiro atoms. The fourth-order valence-corrected chi connectivity index (χ4v) is 4.34.